The average Bonchev–Trinajstić information content (AvgIpc) is 2.85. The first kappa shape index (κ1) is 20.4. The fourth-order valence-corrected chi connectivity index (χ4v) is 3.61. The maximum absolute atomic E-state index is 6.56. The number of anilines is 3. The maximum atomic E-state index is 6.56. The van der Waals surface area contributed by atoms with Crippen molar-refractivity contribution in [3.05, 3.63) is 103 Å². The lowest BCUT2D eigenvalue weighted by Crippen LogP contribution is -2.20. The summed E-state index contributed by atoms with van der Waals surface area (Å²) < 4.78 is 6.17. The van der Waals surface area contributed by atoms with Crippen LogP contribution in [0.5, 0.6) is 11.6 Å². The molecular formula is C26H22N6O. The smallest absolute Gasteiger partial charge is 0.248 e. The van der Waals surface area contributed by atoms with Gasteiger partial charge in [0.15, 0.2) is 11.6 Å². The molecule has 0 saturated carbocycles. The van der Waals surface area contributed by atoms with Crippen LogP contribution in [0.3, 0.4) is 0 Å². The van der Waals surface area contributed by atoms with Crippen molar-refractivity contribution >= 4 is 28.2 Å². The monoisotopic (exact) mass is 434 g/mol. The molecule has 3 heterocycles. The quantitative estimate of drug-likeness (QED) is 0.380. The van der Waals surface area contributed by atoms with Gasteiger partial charge in [-0.1, -0.05) is 54.6 Å². The zero-order valence-electron chi connectivity index (χ0n) is 18.1. The number of hydrogen-bond acceptors (Lipinski definition) is 7. The van der Waals surface area contributed by atoms with E-state index < -0.39 is 0 Å². The van der Waals surface area contributed by atoms with Crippen LogP contribution < -0.4 is 15.4 Å². The van der Waals surface area contributed by atoms with Gasteiger partial charge in [-0.2, -0.15) is 4.98 Å². The SMILES string of the molecule is Cc1ccc2cccc(Oc3ncnc(N(Cc4ccccc4)c4ccccn4)c3N)c2n1. The van der Waals surface area contributed by atoms with Crippen LogP contribution in [0.2, 0.25) is 0 Å². The number of rotatable bonds is 6. The van der Waals surface area contributed by atoms with E-state index in [4.69, 9.17) is 10.5 Å². The second-order valence-corrected chi connectivity index (χ2v) is 7.56. The fraction of sp³-hybridized carbons (Fsp3) is 0.0769. The first-order valence-corrected chi connectivity index (χ1v) is 10.6. The number of aromatic nitrogens is 4. The molecule has 5 aromatic rings. The molecule has 0 bridgehead atoms. The second kappa shape index (κ2) is 8.92. The predicted molar refractivity (Wildman–Crippen MR) is 130 cm³/mol. The van der Waals surface area contributed by atoms with Gasteiger partial charge in [-0.3, -0.25) is 0 Å². The third-order valence-electron chi connectivity index (χ3n) is 5.22. The molecule has 2 aromatic carbocycles. The molecule has 0 aliphatic heterocycles. The summed E-state index contributed by atoms with van der Waals surface area (Å²) >= 11 is 0. The second-order valence-electron chi connectivity index (χ2n) is 7.56. The standard InChI is InChI=1S/C26H22N6O/c1-18-13-14-20-10-7-11-21(24(20)31-18)33-26-23(27)25(29-17-30-26)32(22-12-5-6-15-28-22)16-19-8-3-2-4-9-19/h2-15,17H,16,27H2,1H3. The number of hydrogen-bond donors (Lipinski definition) is 1. The minimum absolute atomic E-state index is 0.268. The largest absolute Gasteiger partial charge is 0.435 e. The molecule has 162 valence electrons. The minimum Gasteiger partial charge on any atom is -0.435 e. The summed E-state index contributed by atoms with van der Waals surface area (Å²) in [6.07, 6.45) is 3.19. The Morgan fingerprint density at radius 2 is 1.70 bits per heavy atom. The molecule has 0 radical (unpaired) electrons. The van der Waals surface area contributed by atoms with Gasteiger partial charge in [0.2, 0.25) is 5.88 Å². The molecule has 0 amide bonds. The summed E-state index contributed by atoms with van der Waals surface area (Å²) in [5.74, 6) is 2.09. The third kappa shape index (κ3) is 4.29. The van der Waals surface area contributed by atoms with Crippen LogP contribution in [0.4, 0.5) is 17.3 Å². The highest BCUT2D eigenvalue weighted by Crippen LogP contribution is 2.36. The van der Waals surface area contributed by atoms with E-state index >= 15 is 0 Å². The van der Waals surface area contributed by atoms with Gasteiger partial charge in [-0.25, -0.2) is 15.0 Å². The van der Waals surface area contributed by atoms with Crippen molar-refractivity contribution in [3.63, 3.8) is 0 Å². The van der Waals surface area contributed by atoms with Crippen molar-refractivity contribution in [3.8, 4) is 11.6 Å². The summed E-state index contributed by atoms with van der Waals surface area (Å²) in [7, 11) is 0. The average molecular weight is 435 g/mol. The van der Waals surface area contributed by atoms with Crippen LogP contribution in [-0.2, 0) is 6.54 Å². The van der Waals surface area contributed by atoms with Gasteiger partial charge in [0, 0.05) is 17.3 Å². The summed E-state index contributed by atoms with van der Waals surface area (Å²) in [5, 5.41) is 0.977. The van der Waals surface area contributed by atoms with Gasteiger partial charge < -0.3 is 15.4 Å². The van der Waals surface area contributed by atoms with E-state index in [-0.39, 0.29) is 5.88 Å². The number of pyridine rings is 2. The van der Waals surface area contributed by atoms with E-state index in [2.05, 4.69) is 32.1 Å². The van der Waals surface area contributed by atoms with Crippen molar-refractivity contribution in [2.24, 2.45) is 0 Å². The number of nitrogens with zero attached hydrogens (tertiary/aromatic N) is 5. The molecule has 2 N–H and O–H groups in total. The van der Waals surface area contributed by atoms with Crippen LogP contribution in [-0.4, -0.2) is 19.9 Å². The van der Waals surface area contributed by atoms with E-state index in [0.717, 1.165) is 28.0 Å². The first-order valence-electron chi connectivity index (χ1n) is 10.6. The van der Waals surface area contributed by atoms with E-state index in [1.54, 1.807) is 6.20 Å². The Labute approximate surface area is 191 Å². The van der Waals surface area contributed by atoms with Gasteiger partial charge in [-0.05, 0) is 36.8 Å². The highest BCUT2D eigenvalue weighted by Gasteiger charge is 2.20. The molecule has 7 nitrogen and oxygen atoms in total. The number of aryl methyl sites for hydroxylation is 1. The Morgan fingerprint density at radius 1 is 0.848 bits per heavy atom. The molecule has 0 aliphatic rings. The summed E-state index contributed by atoms with van der Waals surface area (Å²) in [4.78, 5) is 19.9. The van der Waals surface area contributed by atoms with Gasteiger partial charge in [0.25, 0.3) is 0 Å². The lowest BCUT2D eigenvalue weighted by Gasteiger charge is -2.24. The first-order chi connectivity index (χ1) is 16.2. The van der Waals surface area contributed by atoms with Crippen LogP contribution in [0.25, 0.3) is 10.9 Å². The Kier molecular flexibility index (Phi) is 5.51. The van der Waals surface area contributed by atoms with Gasteiger partial charge in [0.05, 0.1) is 6.54 Å². The Bertz CT molecular complexity index is 1390. The van der Waals surface area contributed by atoms with Crippen LogP contribution in [0.15, 0.2) is 91.4 Å². The zero-order valence-corrected chi connectivity index (χ0v) is 18.1. The molecule has 0 aliphatic carbocycles. The normalized spacial score (nSPS) is 10.8. The third-order valence-corrected chi connectivity index (χ3v) is 5.22. The molecule has 5 rings (SSSR count). The van der Waals surface area contributed by atoms with Crippen molar-refractivity contribution in [2.75, 3.05) is 10.6 Å². The Hall–Kier alpha value is -4.52. The number of nitrogens with two attached hydrogens (primary N) is 1. The molecule has 0 spiro atoms. The molecule has 0 atom stereocenters. The maximum Gasteiger partial charge on any atom is 0.248 e. The number of benzene rings is 2. The van der Waals surface area contributed by atoms with Crippen molar-refractivity contribution in [1.29, 1.82) is 0 Å². The minimum atomic E-state index is 0.268. The van der Waals surface area contributed by atoms with E-state index in [1.165, 1.54) is 6.33 Å². The highest BCUT2D eigenvalue weighted by atomic mass is 16.5. The zero-order chi connectivity index (χ0) is 22.6. The van der Waals surface area contributed by atoms with Gasteiger partial charge in [0.1, 0.15) is 23.3 Å². The number of nitrogen functional groups attached to an aromatic ring is 1. The number of para-hydroxylation sites is 1. The predicted octanol–water partition coefficient (Wildman–Crippen LogP) is 5.44. The summed E-state index contributed by atoms with van der Waals surface area (Å²) in [5.41, 5.74) is 9.63. The number of ether oxygens (including phenoxy) is 1. The Morgan fingerprint density at radius 3 is 2.52 bits per heavy atom. The fourth-order valence-electron chi connectivity index (χ4n) is 3.61. The summed E-state index contributed by atoms with van der Waals surface area (Å²) in [6.45, 7) is 2.48. The molecule has 0 unspecified atom stereocenters. The van der Waals surface area contributed by atoms with E-state index in [1.807, 2.05) is 78.6 Å². The van der Waals surface area contributed by atoms with E-state index in [9.17, 15) is 0 Å². The van der Waals surface area contributed by atoms with Crippen LogP contribution >= 0.6 is 0 Å². The molecule has 7 heteroatoms. The highest BCUT2D eigenvalue weighted by molar-refractivity contribution is 5.85. The van der Waals surface area contributed by atoms with Crippen molar-refractivity contribution < 1.29 is 4.74 Å². The molecular weight excluding hydrogens is 412 g/mol. The molecule has 3 aromatic heterocycles. The topological polar surface area (TPSA) is 90.1 Å². The summed E-state index contributed by atoms with van der Waals surface area (Å²) in [6, 6.07) is 25.6. The van der Waals surface area contributed by atoms with Crippen molar-refractivity contribution in [2.45, 2.75) is 13.5 Å². The van der Waals surface area contributed by atoms with Gasteiger partial charge >= 0.3 is 0 Å². The van der Waals surface area contributed by atoms with Crippen molar-refractivity contribution in [1.82, 2.24) is 19.9 Å². The number of fused-ring (bicyclic) bond motifs is 1. The van der Waals surface area contributed by atoms with Gasteiger partial charge in [-0.15, -0.1) is 0 Å². The molecule has 33 heavy (non-hydrogen) atoms. The Balaban J connectivity index is 1.56. The lowest BCUT2D eigenvalue weighted by molar-refractivity contribution is 0.468. The molecule has 0 saturated heterocycles. The van der Waals surface area contributed by atoms with Crippen LogP contribution in [0.1, 0.15) is 11.3 Å². The van der Waals surface area contributed by atoms with E-state index in [0.29, 0.717) is 23.8 Å². The lowest BCUT2D eigenvalue weighted by atomic mass is 10.2. The molecule has 0 fully saturated rings. The van der Waals surface area contributed by atoms with Crippen LogP contribution in [0, 0.1) is 6.92 Å².